The van der Waals surface area contributed by atoms with E-state index in [0.717, 1.165) is 29.6 Å². The molecule has 0 amide bonds. The monoisotopic (exact) mass is 242 g/mol. The predicted molar refractivity (Wildman–Crippen MR) is 68.3 cm³/mol. The second-order valence-electron chi connectivity index (χ2n) is 3.26. The van der Waals surface area contributed by atoms with Crippen molar-refractivity contribution in [2.45, 2.75) is 12.3 Å². The van der Waals surface area contributed by atoms with E-state index in [9.17, 15) is 0 Å². The molecule has 1 aromatic heterocycles. The fraction of sp³-hybridized carbons (Fsp3) is 0.500. The summed E-state index contributed by atoms with van der Waals surface area (Å²) in [5, 5.41) is 3.04. The fourth-order valence-electron chi connectivity index (χ4n) is 1.18. The molecule has 0 bridgehead atoms. The van der Waals surface area contributed by atoms with Crippen molar-refractivity contribution in [3.05, 3.63) is 23.7 Å². The Morgan fingerprint density at radius 3 is 2.88 bits per heavy atom. The minimum atomic E-state index is 0.148. The highest BCUT2D eigenvalue weighted by Crippen LogP contribution is 2.15. The molecule has 0 fully saturated rings. The molecule has 0 saturated heterocycles. The Balaban J connectivity index is 2.19. The summed E-state index contributed by atoms with van der Waals surface area (Å²) < 4.78 is 5.58. The van der Waals surface area contributed by atoms with Crippen molar-refractivity contribution in [3.8, 4) is 0 Å². The number of nitrogens with one attached hydrogen (secondary N) is 1. The van der Waals surface area contributed by atoms with Crippen molar-refractivity contribution in [2.75, 3.05) is 19.3 Å². The summed E-state index contributed by atoms with van der Waals surface area (Å²) in [6.07, 6.45) is 0. The molecular weight excluding hydrogens is 224 g/mol. The summed E-state index contributed by atoms with van der Waals surface area (Å²) in [4.78, 5) is 3.90. The average molecular weight is 242 g/mol. The van der Waals surface area contributed by atoms with Gasteiger partial charge in [0.05, 0.1) is 18.8 Å². The van der Waals surface area contributed by atoms with Crippen LogP contribution in [0.25, 0.3) is 0 Å². The molecule has 0 atom stereocenters. The van der Waals surface area contributed by atoms with Crippen LogP contribution < -0.4 is 16.8 Å². The van der Waals surface area contributed by atoms with Gasteiger partial charge in [0, 0.05) is 5.75 Å². The maximum absolute atomic E-state index is 5.58. The van der Waals surface area contributed by atoms with E-state index in [-0.39, 0.29) is 5.96 Å². The van der Waals surface area contributed by atoms with Crippen molar-refractivity contribution in [2.24, 2.45) is 16.5 Å². The van der Waals surface area contributed by atoms with Gasteiger partial charge in [0.2, 0.25) is 0 Å². The Hall–Kier alpha value is -1.14. The highest BCUT2D eigenvalue weighted by atomic mass is 32.2. The summed E-state index contributed by atoms with van der Waals surface area (Å²) in [5.74, 6) is 3.83. The third kappa shape index (κ3) is 5.09. The van der Waals surface area contributed by atoms with Crippen molar-refractivity contribution in [1.29, 1.82) is 0 Å². The number of rotatable bonds is 7. The number of nitrogens with zero attached hydrogens (tertiary/aromatic N) is 1. The lowest BCUT2D eigenvalue weighted by Crippen LogP contribution is -2.23. The first-order valence-corrected chi connectivity index (χ1v) is 6.23. The number of guanidine groups is 1. The zero-order valence-electron chi connectivity index (χ0n) is 9.40. The Morgan fingerprint density at radius 1 is 1.44 bits per heavy atom. The molecule has 5 nitrogen and oxygen atoms in total. The minimum absolute atomic E-state index is 0.148. The maximum atomic E-state index is 5.58. The summed E-state index contributed by atoms with van der Waals surface area (Å²) >= 11 is 1.75. The molecule has 0 unspecified atom stereocenters. The fourth-order valence-corrected chi connectivity index (χ4v) is 1.90. The Morgan fingerprint density at radius 2 is 2.19 bits per heavy atom. The van der Waals surface area contributed by atoms with Gasteiger partial charge in [-0.25, -0.2) is 0 Å². The Bertz CT molecular complexity index is 333. The first-order chi connectivity index (χ1) is 7.72. The second kappa shape index (κ2) is 7.19. The molecule has 0 saturated carbocycles. The van der Waals surface area contributed by atoms with E-state index < -0.39 is 0 Å². The van der Waals surface area contributed by atoms with Crippen molar-refractivity contribution in [1.82, 2.24) is 5.32 Å². The van der Waals surface area contributed by atoms with E-state index in [1.807, 2.05) is 19.2 Å². The molecule has 6 heteroatoms. The molecular formula is C10H18N4OS. The molecule has 0 radical (unpaired) electrons. The lowest BCUT2D eigenvalue weighted by atomic mass is 10.4. The lowest BCUT2D eigenvalue weighted by molar-refractivity contribution is 0.469. The number of nitrogens with two attached hydrogens (primary N) is 2. The summed E-state index contributed by atoms with van der Waals surface area (Å²) in [7, 11) is 1.90. The molecule has 1 rings (SSSR count). The number of hydrogen-bond acceptors (Lipinski definition) is 4. The standard InChI is InChI=1S/C10H18N4OS/c1-13-6-8-2-3-9(15-8)7-16-5-4-14-10(11)12/h2-3,13H,4-7H2,1H3,(H4,11,12,14). The van der Waals surface area contributed by atoms with Gasteiger partial charge >= 0.3 is 0 Å². The first-order valence-electron chi connectivity index (χ1n) is 5.07. The minimum Gasteiger partial charge on any atom is -0.464 e. The quantitative estimate of drug-likeness (QED) is 0.368. The first kappa shape index (κ1) is 12.9. The van der Waals surface area contributed by atoms with Gasteiger partial charge in [-0.2, -0.15) is 11.8 Å². The van der Waals surface area contributed by atoms with Crippen LogP contribution in [0.1, 0.15) is 11.5 Å². The van der Waals surface area contributed by atoms with E-state index in [1.165, 1.54) is 0 Å². The van der Waals surface area contributed by atoms with E-state index in [4.69, 9.17) is 15.9 Å². The summed E-state index contributed by atoms with van der Waals surface area (Å²) in [6, 6.07) is 3.99. The average Bonchev–Trinajstić information content (AvgIpc) is 2.65. The van der Waals surface area contributed by atoms with Crippen LogP contribution in [0.5, 0.6) is 0 Å². The van der Waals surface area contributed by atoms with Gasteiger partial charge in [0.25, 0.3) is 0 Å². The van der Waals surface area contributed by atoms with Crippen LogP contribution in [-0.2, 0) is 12.3 Å². The van der Waals surface area contributed by atoms with Crippen LogP contribution in [0, 0.1) is 0 Å². The molecule has 0 aliphatic heterocycles. The van der Waals surface area contributed by atoms with Crippen LogP contribution in [-0.4, -0.2) is 25.3 Å². The topological polar surface area (TPSA) is 89.6 Å². The number of aliphatic imine (C=N–C) groups is 1. The summed E-state index contributed by atoms with van der Waals surface area (Å²) in [5.41, 5.74) is 10.4. The van der Waals surface area contributed by atoms with Crippen molar-refractivity contribution >= 4 is 17.7 Å². The smallest absolute Gasteiger partial charge is 0.185 e. The third-order valence-corrected chi connectivity index (χ3v) is 2.80. The highest BCUT2D eigenvalue weighted by molar-refractivity contribution is 7.98. The lowest BCUT2D eigenvalue weighted by Gasteiger charge is -1.97. The highest BCUT2D eigenvalue weighted by Gasteiger charge is 2.00. The molecule has 5 N–H and O–H groups in total. The van der Waals surface area contributed by atoms with Gasteiger partial charge in [-0.1, -0.05) is 0 Å². The second-order valence-corrected chi connectivity index (χ2v) is 4.36. The number of thioether (sulfide) groups is 1. The number of hydrogen-bond donors (Lipinski definition) is 3. The van der Waals surface area contributed by atoms with Gasteiger partial charge in [0.1, 0.15) is 11.5 Å². The normalized spacial score (nSPS) is 10.3. The molecule has 1 aromatic rings. The predicted octanol–water partition coefficient (Wildman–Crippen LogP) is 0.506. The van der Waals surface area contributed by atoms with Gasteiger partial charge in [-0.05, 0) is 19.2 Å². The molecule has 0 aromatic carbocycles. The van der Waals surface area contributed by atoms with Gasteiger partial charge in [0.15, 0.2) is 5.96 Å². The Labute approximate surface area is 99.7 Å². The van der Waals surface area contributed by atoms with Crippen LogP contribution >= 0.6 is 11.8 Å². The van der Waals surface area contributed by atoms with Crippen LogP contribution in [0.2, 0.25) is 0 Å². The van der Waals surface area contributed by atoms with Gasteiger partial charge in [-0.15, -0.1) is 0 Å². The van der Waals surface area contributed by atoms with Crippen LogP contribution in [0.3, 0.4) is 0 Å². The largest absolute Gasteiger partial charge is 0.464 e. The Kier molecular flexibility index (Phi) is 5.81. The van der Waals surface area contributed by atoms with E-state index in [2.05, 4.69) is 10.3 Å². The van der Waals surface area contributed by atoms with E-state index in [1.54, 1.807) is 11.8 Å². The van der Waals surface area contributed by atoms with E-state index >= 15 is 0 Å². The molecule has 90 valence electrons. The molecule has 1 heterocycles. The van der Waals surface area contributed by atoms with Crippen LogP contribution in [0.15, 0.2) is 21.5 Å². The zero-order valence-corrected chi connectivity index (χ0v) is 10.2. The van der Waals surface area contributed by atoms with Gasteiger partial charge < -0.3 is 21.2 Å². The number of furan rings is 1. The molecule has 16 heavy (non-hydrogen) atoms. The van der Waals surface area contributed by atoms with Crippen LogP contribution in [0.4, 0.5) is 0 Å². The molecule has 0 aliphatic rings. The molecule has 0 spiro atoms. The third-order valence-electron chi connectivity index (χ3n) is 1.84. The van der Waals surface area contributed by atoms with Crippen molar-refractivity contribution < 1.29 is 4.42 Å². The molecule has 0 aliphatic carbocycles. The zero-order chi connectivity index (χ0) is 11.8. The van der Waals surface area contributed by atoms with Crippen molar-refractivity contribution in [3.63, 3.8) is 0 Å². The van der Waals surface area contributed by atoms with E-state index in [0.29, 0.717) is 6.54 Å². The maximum Gasteiger partial charge on any atom is 0.185 e. The van der Waals surface area contributed by atoms with Gasteiger partial charge in [-0.3, -0.25) is 4.99 Å². The SMILES string of the molecule is CNCc1ccc(CSCCN=C(N)N)o1. The summed E-state index contributed by atoms with van der Waals surface area (Å²) in [6.45, 7) is 1.41.